The number of carbonyl (C=O) groups is 2. The number of hydroxylamine groups is 2. The summed E-state index contributed by atoms with van der Waals surface area (Å²) in [6, 6.07) is 11.3. The molecule has 2 aromatic rings. The predicted molar refractivity (Wildman–Crippen MR) is 119 cm³/mol. The summed E-state index contributed by atoms with van der Waals surface area (Å²) >= 11 is 7.09. The van der Waals surface area contributed by atoms with Crippen molar-refractivity contribution in [2.45, 2.75) is 12.2 Å². The molecule has 1 aromatic heterocycles. The second-order valence-corrected chi connectivity index (χ2v) is 9.78. The fourth-order valence-electron chi connectivity index (χ4n) is 4.36. The lowest BCUT2D eigenvalue weighted by atomic mass is 10.1. The summed E-state index contributed by atoms with van der Waals surface area (Å²) in [6.45, 7) is 3.43. The summed E-state index contributed by atoms with van der Waals surface area (Å²) < 4.78 is 5.99. The molecule has 3 unspecified atom stereocenters. The van der Waals surface area contributed by atoms with Gasteiger partial charge in [-0.3, -0.25) is 14.5 Å². The summed E-state index contributed by atoms with van der Waals surface area (Å²) in [6.07, 6.45) is -0.559. The van der Waals surface area contributed by atoms with E-state index in [4.69, 9.17) is 21.2 Å². The zero-order chi connectivity index (χ0) is 21.5. The van der Waals surface area contributed by atoms with Crippen LogP contribution in [0.15, 0.2) is 36.4 Å². The predicted octanol–water partition coefficient (Wildman–Crippen LogP) is 2.84. The molecule has 1 N–H and O–H groups in total. The van der Waals surface area contributed by atoms with Gasteiger partial charge in [-0.05, 0) is 36.4 Å². The Hall–Kier alpha value is -2.33. The van der Waals surface area contributed by atoms with E-state index in [0.29, 0.717) is 21.7 Å². The van der Waals surface area contributed by atoms with Crippen molar-refractivity contribution in [3.05, 3.63) is 45.6 Å². The van der Waals surface area contributed by atoms with Crippen LogP contribution in [0.2, 0.25) is 4.34 Å². The van der Waals surface area contributed by atoms with Gasteiger partial charge in [-0.1, -0.05) is 11.6 Å². The molecule has 0 radical (unpaired) electrons. The largest absolute Gasteiger partial charge is 0.442 e. The van der Waals surface area contributed by atoms with E-state index in [9.17, 15) is 9.59 Å². The van der Waals surface area contributed by atoms with E-state index in [0.717, 1.165) is 31.0 Å². The topological polar surface area (TPSA) is 74.4 Å². The first kappa shape index (κ1) is 20.6. The molecule has 1 aromatic carbocycles. The third-order valence-corrected chi connectivity index (χ3v) is 7.11. The molecule has 2 amide bonds. The number of thiophene rings is 1. The molecule has 0 saturated carbocycles. The molecule has 8 nitrogen and oxygen atoms in total. The third kappa shape index (κ3) is 4.23. The molecule has 3 fully saturated rings. The number of anilines is 2. The number of halogens is 1. The summed E-state index contributed by atoms with van der Waals surface area (Å²) in [5.41, 5.74) is 1.90. The Morgan fingerprint density at radius 1 is 1.13 bits per heavy atom. The molecule has 5 rings (SSSR count). The van der Waals surface area contributed by atoms with Crippen molar-refractivity contribution in [1.82, 2.24) is 10.4 Å². The average Bonchev–Trinajstić information content (AvgIpc) is 3.50. The smallest absolute Gasteiger partial charge is 0.414 e. The molecule has 10 heteroatoms. The number of fused-ring (bicyclic) bond motifs is 1. The fourth-order valence-corrected chi connectivity index (χ4v) is 5.32. The van der Waals surface area contributed by atoms with Gasteiger partial charge in [-0.25, -0.2) is 4.79 Å². The molecule has 31 heavy (non-hydrogen) atoms. The van der Waals surface area contributed by atoms with Crippen molar-refractivity contribution in [2.75, 3.05) is 49.6 Å². The third-order valence-electron chi connectivity index (χ3n) is 5.88. The highest BCUT2D eigenvalue weighted by Gasteiger charge is 2.40. The van der Waals surface area contributed by atoms with Crippen LogP contribution >= 0.6 is 22.9 Å². The van der Waals surface area contributed by atoms with E-state index < -0.39 is 12.2 Å². The SMILES string of the molecule is CN1CC2CN(c3ccc(N4CC(CNC(=O)c5ccc(Cl)s5)OC4=O)cc3)CC2O1. The Balaban J connectivity index is 1.16. The Bertz CT molecular complexity index is 970. The lowest BCUT2D eigenvalue weighted by Gasteiger charge is -2.22. The molecule has 0 aliphatic carbocycles. The summed E-state index contributed by atoms with van der Waals surface area (Å²) in [5.74, 6) is 0.306. The zero-order valence-electron chi connectivity index (χ0n) is 17.0. The summed E-state index contributed by atoms with van der Waals surface area (Å²) in [4.78, 5) is 34.8. The lowest BCUT2D eigenvalue weighted by molar-refractivity contribution is -0.122. The molecule has 3 saturated heterocycles. The standard InChI is InChI=1S/C21H23ClN4O4S/c1-24-9-13-10-25(12-17(13)30-24)14-2-4-15(5-3-14)26-11-16(29-21(26)28)8-23-20(27)18-6-7-19(22)31-18/h2-7,13,16-17H,8-12H2,1H3,(H,23,27). The maximum absolute atomic E-state index is 12.4. The molecule has 3 aliphatic rings. The first-order valence-corrected chi connectivity index (χ1v) is 11.4. The van der Waals surface area contributed by atoms with Crippen molar-refractivity contribution in [3.8, 4) is 0 Å². The van der Waals surface area contributed by atoms with Gasteiger partial charge in [0.2, 0.25) is 0 Å². The van der Waals surface area contributed by atoms with E-state index >= 15 is 0 Å². The first-order valence-electron chi connectivity index (χ1n) is 10.2. The van der Waals surface area contributed by atoms with Gasteiger partial charge < -0.3 is 15.0 Å². The van der Waals surface area contributed by atoms with E-state index in [1.54, 1.807) is 17.0 Å². The van der Waals surface area contributed by atoms with Gasteiger partial charge in [0.15, 0.2) is 0 Å². The Morgan fingerprint density at radius 2 is 1.90 bits per heavy atom. The van der Waals surface area contributed by atoms with Crippen LogP contribution in [-0.2, 0) is 9.57 Å². The monoisotopic (exact) mass is 462 g/mol. The van der Waals surface area contributed by atoms with Gasteiger partial charge in [0, 0.05) is 44.0 Å². The maximum atomic E-state index is 12.4. The number of hydrogen-bond acceptors (Lipinski definition) is 7. The van der Waals surface area contributed by atoms with E-state index in [1.807, 2.05) is 36.4 Å². The number of rotatable bonds is 5. The van der Waals surface area contributed by atoms with Crippen LogP contribution in [0.1, 0.15) is 9.67 Å². The minimum absolute atomic E-state index is 0.221. The molecule has 4 heterocycles. The van der Waals surface area contributed by atoms with Gasteiger partial charge in [-0.2, -0.15) is 5.06 Å². The van der Waals surface area contributed by atoms with Crippen LogP contribution in [0.5, 0.6) is 0 Å². The minimum Gasteiger partial charge on any atom is -0.442 e. The Kier molecular flexibility index (Phi) is 5.51. The van der Waals surface area contributed by atoms with Crippen molar-refractivity contribution < 1.29 is 19.2 Å². The van der Waals surface area contributed by atoms with Crippen molar-refractivity contribution >= 4 is 46.3 Å². The van der Waals surface area contributed by atoms with Crippen LogP contribution in [-0.4, -0.2) is 69.0 Å². The molecule has 0 spiro atoms. The lowest BCUT2D eigenvalue weighted by Crippen LogP contribution is -2.34. The van der Waals surface area contributed by atoms with Crippen LogP contribution in [0, 0.1) is 5.92 Å². The van der Waals surface area contributed by atoms with Gasteiger partial charge in [0.1, 0.15) is 12.2 Å². The van der Waals surface area contributed by atoms with Crippen molar-refractivity contribution in [3.63, 3.8) is 0 Å². The van der Waals surface area contributed by atoms with Gasteiger partial charge in [0.25, 0.3) is 5.91 Å². The number of nitrogens with one attached hydrogen (secondary N) is 1. The molecule has 3 aliphatic heterocycles. The quantitative estimate of drug-likeness (QED) is 0.736. The number of carbonyl (C=O) groups excluding carboxylic acids is 2. The van der Waals surface area contributed by atoms with Crippen LogP contribution in [0.4, 0.5) is 16.2 Å². The number of amides is 2. The van der Waals surface area contributed by atoms with Crippen LogP contribution in [0.3, 0.4) is 0 Å². The molecule has 164 valence electrons. The number of benzene rings is 1. The molecular formula is C21H23ClN4O4S. The highest BCUT2D eigenvalue weighted by molar-refractivity contribution is 7.18. The normalized spacial score (nSPS) is 25.7. The highest BCUT2D eigenvalue weighted by atomic mass is 35.5. The Labute approximate surface area is 189 Å². The number of ether oxygens (including phenoxy) is 1. The van der Waals surface area contributed by atoms with Crippen LogP contribution in [0.25, 0.3) is 0 Å². The summed E-state index contributed by atoms with van der Waals surface area (Å²) in [7, 11) is 1.98. The van der Waals surface area contributed by atoms with Gasteiger partial charge in [0.05, 0.1) is 22.3 Å². The number of cyclic esters (lactones) is 1. The fraction of sp³-hybridized carbons (Fsp3) is 0.429. The van der Waals surface area contributed by atoms with Gasteiger partial charge in [-0.15, -0.1) is 11.3 Å². The zero-order valence-corrected chi connectivity index (χ0v) is 18.6. The van der Waals surface area contributed by atoms with Crippen molar-refractivity contribution in [1.29, 1.82) is 0 Å². The molecule has 3 atom stereocenters. The first-order chi connectivity index (χ1) is 15.0. The number of nitrogens with zero attached hydrogens (tertiary/aromatic N) is 3. The average molecular weight is 463 g/mol. The maximum Gasteiger partial charge on any atom is 0.414 e. The van der Waals surface area contributed by atoms with Crippen molar-refractivity contribution in [2.24, 2.45) is 5.92 Å². The minimum atomic E-state index is -0.404. The molecule has 0 bridgehead atoms. The van der Waals surface area contributed by atoms with E-state index in [1.165, 1.54) is 11.3 Å². The van der Waals surface area contributed by atoms with E-state index in [-0.39, 0.29) is 18.6 Å². The number of hydrogen-bond donors (Lipinski definition) is 1. The van der Waals surface area contributed by atoms with E-state index in [2.05, 4.69) is 10.2 Å². The second-order valence-electron chi connectivity index (χ2n) is 8.07. The van der Waals surface area contributed by atoms with Gasteiger partial charge >= 0.3 is 6.09 Å². The molecular weight excluding hydrogens is 440 g/mol. The highest BCUT2D eigenvalue weighted by Crippen LogP contribution is 2.32. The summed E-state index contributed by atoms with van der Waals surface area (Å²) in [5, 5.41) is 4.72. The Morgan fingerprint density at radius 3 is 2.61 bits per heavy atom. The second kappa shape index (κ2) is 8.31. The van der Waals surface area contributed by atoms with Crippen LogP contribution < -0.4 is 15.1 Å².